The highest BCUT2D eigenvalue weighted by Crippen LogP contribution is 2.18. The molecule has 0 amide bonds. The lowest BCUT2D eigenvalue weighted by molar-refractivity contribution is 0.0601. The number of nitrogens with two attached hydrogens (primary N) is 1. The molecule has 1 unspecified atom stereocenters. The summed E-state index contributed by atoms with van der Waals surface area (Å²) in [4.78, 5) is 17.7. The lowest BCUT2D eigenvalue weighted by Crippen LogP contribution is -2.30. The first-order valence-electron chi connectivity index (χ1n) is 5.69. The quantitative estimate of drug-likeness (QED) is 0.755. The van der Waals surface area contributed by atoms with Gasteiger partial charge in [0.2, 0.25) is 0 Å². The second-order valence-electron chi connectivity index (χ2n) is 4.45. The average molecular weight is 252 g/mol. The van der Waals surface area contributed by atoms with E-state index >= 15 is 0 Å². The number of ether oxygens (including phenoxy) is 1. The van der Waals surface area contributed by atoms with Crippen molar-refractivity contribution in [3.63, 3.8) is 0 Å². The molecule has 3 N–H and O–H groups in total. The van der Waals surface area contributed by atoms with Gasteiger partial charge in [-0.3, -0.25) is 0 Å². The second-order valence-corrected chi connectivity index (χ2v) is 4.45. The second kappa shape index (κ2) is 6.20. The van der Waals surface area contributed by atoms with Gasteiger partial charge in [0, 0.05) is 12.6 Å². The van der Waals surface area contributed by atoms with Crippen LogP contribution in [0.5, 0.6) is 0 Å². The van der Waals surface area contributed by atoms with Gasteiger partial charge in [-0.1, -0.05) is 0 Å². The van der Waals surface area contributed by atoms with Crippen LogP contribution in [0.15, 0.2) is 12.3 Å². The maximum absolute atomic E-state index is 11.6. The van der Waals surface area contributed by atoms with Gasteiger partial charge in [0.25, 0.3) is 0 Å². The molecule has 1 rings (SSSR count). The lowest BCUT2D eigenvalue weighted by Gasteiger charge is -2.20. The molecule has 0 saturated heterocycles. The maximum Gasteiger partial charge on any atom is 0.340 e. The number of rotatable bonds is 5. The smallest absolute Gasteiger partial charge is 0.340 e. The molecule has 100 valence electrons. The van der Waals surface area contributed by atoms with Crippen LogP contribution in [0, 0.1) is 0 Å². The monoisotopic (exact) mass is 252 g/mol. The van der Waals surface area contributed by atoms with Gasteiger partial charge in [0.15, 0.2) is 0 Å². The van der Waals surface area contributed by atoms with Crippen molar-refractivity contribution in [2.45, 2.75) is 13.0 Å². The zero-order valence-corrected chi connectivity index (χ0v) is 11.2. The minimum absolute atomic E-state index is 0.175. The summed E-state index contributed by atoms with van der Waals surface area (Å²) < 4.78 is 4.72. The Hall–Kier alpha value is -1.82. The first-order valence-corrected chi connectivity index (χ1v) is 5.69. The topological polar surface area (TPSA) is 80.5 Å². The number of nitrogens with one attached hydrogen (secondary N) is 1. The molecule has 1 atom stereocenters. The highest BCUT2D eigenvalue weighted by Gasteiger charge is 2.15. The normalized spacial score (nSPS) is 12.3. The first kappa shape index (κ1) is 14.2. The van der Waals surface area contributed by atoms with E-state index < -0.39 is 5.97 Å². The Kier molecular flexibility index (Phi) is 4.91. The summed E-state index contributed by atoms with van der Waals surface area (Å²) in [6.45, 7) is 2.86. The number of aromatic nitrogens is 1. The molecular formula is C12H20N4O2. The number of esters is 1. The van der Waals surface area contributed by atoms with Crippen molar-refractivity contribution < 1.29 is 9.53 Å². The number of nitrogens with zero attached hydrogens (tertiary/aromatic N) is 2. The third-order valence-electron chi connectivity index (χ3n) is 2.37. The Balaban J connectivity index is 2.90. The number of hydrogen-bond donors (Lipinski definition) is 2. The third-order valence-corrected chi connectivity index (χ3v) is 2.37. The van der Waals surface area contributed by atoms with E-state index in [1.807, 2.05) is 21.0 Å². The molecule has 6 nitrogen and oxygen atoms in total. The van der Waals surface area contributed by atoms with Gasteiger partial charge < -0.3 is 20.7 Å². The lowest BCUT2D eigenvalue weighted by atomic mass is 10.2. The van der Waals surface area contributed by atoms with Crippen LogP contribution in [-0.2, 0) is 4.74 Å². The number of likely N-dealkylation sites (N-methyl/N-ethyl adjacent to an activating group) is 1. The summed E-state index contributed by atoms with van der Waals surface area (Å²) in [5.74, 6) is -0.134. The van der Waals surface area contributed by atoms with Crippen LogP contribution in [0.4, 0.5) is 11.5 Å². The molecular weight excluding hydrogens is 232 g/mol. The molecule has 18 heavy (non-hydrogen) atoms. The maximum atomic E-state index is 11.6. The van der Waals surface area contributed by atoms with Gasteiger partial charge >= 0.3 is 5.97 Å². The average Bonchev–Trinajstić information content (AvgIpc) is 2.29. The van der Waals surface area contributed by atoms with E-state index in [4.69, 9.17) is 10.5 Å². The summed E-state index contributed by atoms with van der Waals surface area (Å²) >= 11 is 0. The van der Waals surface area contributed by atoms with Crippen molar-refractivity contribution in [1.29, 1.82) is 0 Å². The van der Waals surface area contributed by atoms with Crippen LogP contribution in [0.3, 0.4) is 0 Å². The number of carbonyl (C=O) groups excluding carboxylic acids is 1. The summed E-state index contributed by atoms with van der Waals surface area (Å²) in [6.07, 6.45) is 1.55. The summed E-state index contributed by atoms with van der Waals surface area (Å²) in [5, 5.41) is 3.22. The molecule has 0 aromatic carbocycles. The molecule has 0 spiro atoms. The van der Waals surface area contributed by atoms with E-state index in [-0.39, 0.29) is 6.04 Å². The van der Waals surface area contributed by atoms with Crippen LogP contribution in [-0.4, -0.2) is 49.6 Å². The standard InChI is InChI=1S/C12H20N4O2/c1-8(7-16(2)3)15-10-6-14-11(13)5-9(10)12(17)18-4/h5-6,8,15H,7H2,1-4H3,(H2,13,14). The number of anilines is 2. The number of nitrogen functional groups attached to an aromatic ring is 1. The van der Waals surface area contributed by atoms with E-state index in [1.54, 1.807) is 6.20 Å². The molecule has 1 aromatic heterocycles. The fourth-order valence-electron chi connectivity index (χ4n) is 1.72. The largest absolute Gasteiger partial charge is 0.465 e. The Morgan fingerprint density at radius 2 is 2.28 bits per heavy atom. The summed E-state index contributed by atoms with van der Waals surface area (Å²) in [5.41, 5.74) is 6.61. The van der Waals surface area contributed by atoms with Gasteiger partial charge in [-0.25, -0.2) is 9.78 Å². The Labute approximate surface area is 107 Å². The van der Waals surface area contributed by atoms with E-state index in [2.05, 4.69) is 15.2 Å². The summed E-state index contributed by atoms with van der Waals surface area (Å²) in [7, 11) is 5.31. The van der Waals surface area contributed by atoms with Crippen LogP contribution < -0.4 is 11.1 Å². The van der Waals surface area contributed by atoms with E-state index in [0.29, 0.717) is 17.1 Å². The van der Waals surface area contributed by atoms with Crippen LogP contribution >= 0.6 is 0 Å². The SMILES string of the molecule is COC(=O)c1cc(N)ncc1NC(C)CN(C)C. The molecule has 0 bridgehead atoms. The molecule has 0 fully saturated rings. The number of hydrogen-bond acceptors (Lipinski definition) is 6. The predicted molar refractivity (Wildman–Crippen MR) is 71.6 cm³/mol. The van der Waals surface area contributed by atoms with E-state index in [1.165, 1.54) is 13.2 Å². The fraction of sp³-hybridized carbons (Fsp3) is 0.500. The molecule has 0 radical (unpaired) electrons. The summed E-state index contributed by atoms with van der Waals surface area (Å²) in [6, 6.07) is 1.69. The molecule has 0 saturated carbocycles. The zero-order valence-electron chi connectivity index (χ0n) is 11.2. The zero-order chi connectivity index (χ0) is 13.7. The number of pyridine rings is 1. The molecule has 0 aliphatic heterocycles. The van der Waals surface area contributed by atoms with Gasteiger partial charge in [-0.15, -0.1) is 0 Å². The highest BCUT2D eigenvalue weighted by molar-refractivity contribution is 5.96. The molecule has 0 aliphatic rings. The minimum atomic E-state index is -0.427. The van der Waals surface area contributed by atoms with Gasteiger partial charge in [-0.05, 0) is 27.1 Å². The highest BCUT2D eigenvalue weighted by atomic mass is 16.5. The van der Waals surface area contributed by atoms with Crippen LogP contribution in [0.25, 0.3) is 0 Å². The van der Waals surface area contributed by atoms with Crippen molar-refractivity contribution in [2.75, 3.05) is 38.8 Å². The fourth-order valence-corrected chi connectivity index (χ4v) is 1.72. The van der Waals surface area contributed by atoms with Crippen molar-refractivity contribution >= 4 is 17.5 Å². The van der Waals surface area contributed by atoms with E-state index in [9.17, 15) is 4.79 Å². The Bertz CT molecular complexity index is 421. The number of methoxy groups -OCH3 is 1. The van der Waals surface area contributed by atoms with Crippen LogP contribution in [0.2, 0.25) is 0 Å². The predicted octanol–water partition coefficient (Wildman–Crippen LogP) is 0.812. The van der Waals surface area contributed by atoms with Crippen molar-refractivity contribution in [3.05, 3.63) is 17.8 Å². The molecule has 1 heterocycles. The van der Waals surface area contributed by atoms with Crippen LogP contribution in [0.1, 0.15) is 17.3 Å². The molecule has 0 aliphatic carbocycles. The number of carbonyl (C=O) groups is 1. The van der Waals surface area contributed by atoms with Crippen molar-refractivity contribution in [3.8, 4) is 0 Å². The van der Waals surface area contributed by atoms with Gasteiger partial charge in [0.05, 0.1) is 24.6 Å². The first-order chi connectivity index (χ1) is 8.43. The van der Waals surface area contributed by atoms with Crippen molar-refractivity contribution in [2.24, 2.45) is 0 Å². The van der Waals surface area contributed by atoms with Gasteiger partial charge in [0.1, 0.15) is 5.82 Å². The Morgan fingerprint density at radius 1 is 1.61 bits per heavy atom. The van der Waals surface area contributed by atoms with E-state index in [0.717, 1.165) is 6.54 Å². The molecule has 1 aromatic rings. The third kappa shape index (κ3) is 3.89. The van der Waals surface area contributed by atoms with Gasteiger partial charge in [-0.2, -0.15) is 0 Å². The molecule has 6 heteroatoms. The minimum Gasteiger partial charge on any atom is -0.465 e. The van der Waals surface area contributed by atoms with Crippen molar-refractivity contribution in [1.82, 2.24) is 9.88 Å². The Morgan fingerprint density at radius 3 is 2.83 bits per heavy atom.